The van der Waals surface area contributed by atoms with E-state index < -0.39 is 0 Å². The smallest absolute Gasteiger partial charge is 0.221 e. The van der Waals surface area contributed by atoms with Crippen LogP contribution in [0.1, 0.15) is 23.5 Å². The first-order chi connectivity index (χ1) is 12.7. The van der Waals surface area contributed by atoms with Crippen LogP contribution in [0.2, 0.25) is 5.02 Å². The fourth-order valence-corrected chi connectivity index (χ4v) is 3.85. The second kappa shape index (κ2) is 9.17. The standard InChI is InChI=1S/C21H26ClN3O/c22-20-9-5-4-8-17(20)13-24-21(26)10-11-25-14-18(12-23)19(15-25)16-6-2-1-3-7-16/h1-9,18-19H,10-15,23H2,(H,24,26)/t18-,19+/m1/s1. The third-order valence-corrected chi connectivity index (χ3v) is 5.50. The number of rotatable bonds is 7. The van der Waals surface area contributed by atoms with Crippen molar-refractivity contribution in [1.29, 1.82) is 0 Å². The van der Waals surface area contributed by atoms with Gasteiger partial charge in [0.2, 0.25) is 5.91 Å². The van der Waals surface area contributed by atoms with Gasteiger partial charge in [-0.25, -0.2) is 0 Å². The van der Waals surface area contributed by atoms with E-state index in [1.807, 2.05) is 30.3 Å². The highest BCUT2D eigenvalue weighted by Crippen LogP contribution is 2.31. The molecule has 0 bridgehead atoms. The molecule has 3 N–H and O–H groups in total. The topological polar surface area (TPSA) is 58.4 Å². The summed E-state index contributed by atoms with van der Waals surface area (Å²) >= 11 is 6.12. The lowest BCUT2D eigenvalue weighted by atomic mass is 9.89. The number of nitrogens with zero attached hydrogens (tertiary/aromatic N) is 1. The van der Waals surface area contributed by atoms with Gasteiger partial charge in [-0.05, 0) is 29.7 Å². The molecule has 1 saturated heterocycles. The molecule has 0 radical (unpaired) electrons. The lowest BCUT2D eigenvalue weighted by Gasteiger charge is -2.16. The number of hydrogen-bond acceptors (Lipinski definition) is 3. The predicted octanol–water partition coefficient (Wildman–Crippen LogP) is 3.02. The number of likely N-dealkylation sites (tertiary alicyclic amines) is 1. The maximum Gasteiger partial charge on any atom is 0.221 e. The van der Waals surface area contributed by atoms with Crippen LogP contribution in [0.15, 0.2) is 54.6 Å². The maximum atomic E-state index is 12.2. The molecule has 1 aliphatic heterocycles. The second-order valence-electron chi connectivity index (χ2n) is 6.89. The van der Waals surface area contributed by atoms with Gasteiger partial charge in [-0.2, -0.15) is 0 Å². The number of amides is 1. The van der Waals surface area contributed by atoms with E-state index in [1.54, 1.807) is 0 Å². The molecule has 5 heteroatoms. The Morgan fingerprint density at radius 3 is 2.58 bits per heavy atom. The van der Waals surface area contributed by atoms with Crippen LogP contribution >= 0.6 is 11.6 Å². The Morgan fingerprint density at radius 1 is 1.12 bits per heavy atom. The fourth-order valence-electron chi connectivity index (χ4n) is 3.64. The molecular formula is C21H26ClN3O. The van der Waals surface area contributed by atoms with Crippen molar-refractivity contribution in [2.24, 2.45) is 11.7 Å². The Hall–Kier alpha value is -1.88. The van der Waals surface area contributed by atoms with Gasteiger partial charge in [0.15, 0.2) is 0 Å². The summed E-state index contributed by atoms with van der Waals surface area (Å²) in [5, 5.41) is 3.64. The summed E-state index contributed by atoms with van der Waals surface area (Å²) in [6.07, 6.45) is 0.489. The summed E-state index contributed by atoms with van der Waals surface area (Å²) in [4.78, 5) is 14.5. The van der Waals surface area contributed by atoms with Crippen molar-refractivity contribution in [3.63, 3.8) is 0 Å². The number of benzene rings is 2. The quantitative estimate of drug-likeness (QED) is 0.786. The minimum absolute atomic E-state index is 0.0531. The van der Waals surface area contributed by atoms with Crippen LogP contribution in [-0.4, -0.2) is 37.0 Å². The molecule has 0 aromatic heterocycles. The van der Waals surface area contributed by atoms with Gasteiger partial charge in [0.25, 0.3) is 0 Å². The summed E-state index contributed by atoms with van der Waals surface area (Å²) in [6.45, 7) is 3.82. The minimum atomic E-state index is 0.0531. The van der Waals surface area contributed by atoms with Crippen LogP contribution in [0.25, 0.3) is 0 Å². The van der Waals surface area contributed by atoms with Crippen LogP contribution in [-0.2, 0) is 11.3 Å². The summed E-state index contributed by atoms with van der Waals surface area (Å²) in [5.41, 5.74) is 8.27. The molecule has 0 saturated carbocycles. The molecule has 0 unspecified atom stereocenters. The molecule has 26 heavy (non-hydrogen) atoms. The van der Waals surface area contributed by atoms with E-state index >= 15 is 0 Å². The number of halogens is 1. The summed E-state index contributed by atoms with van der Waals surface area (Å²) in [5.74, 6) is 0.952. The van der Waals surface area contributed by atoms with Gasteiger partial charge >= 0.3 is 0 Å². The summed E-state index contributed by atoms with van der Waals surface area (Å²) < 4.78 is 0. The monoisotopic (exact) mass is 371 g/mol. The number of nitrogens with two attached hydrogens (primary N) is 1. The Labute approximate surface area is 160 Å². The summed E-state index contributed by atoms with van der Waals surface area (Å²) in [6, 6.07) is 18.1. The van der Waals surface area contributed by atoms with Gasteiger partial charge in [0.05, 0.1) is 0 Å². The molecule has 1 fully saturated rings. The number of hydrogen-bond donors (Lipinski definition) is 2. The zero-order valence-electron chi connectivity index (χ0n) is 14.9. The van der Waals surface area contributed by atoms with E-state index in [0.29, 0.717) is 36.4 Å². The van der Waals surface area contributed by atoms with E-state index in [4.69, 9.17) is 17.3 Å². The Balaban J connectivity index is 1.47. The van der Waals surface area contributed by atoms with E-state index in [1.165, 1.54) is 5.56 Å². The second-order valence-corrected chi connectivity index (χ2v) is 7.30. The van der Waals surface area contributed by atoms with Gasteiger partial charge in [-0.15, -0.1) is 0 Å². The highest BCUT2D eigenvalue weighted by atomic mass is 35.5. The van der Waals surface area contributed by atoms with Crippen LogP contribution in [0.5, 0.6) is 0 Å². The molecule has 2 atom stereocenters. The number of nitrogens with one attached hydrogen (secondary N) is 1. The molecule has 1 heterocycles. The van der Waals surface area contributed by atoms with Crippen LogP contribution in [0.4, 0.5) is 0 Å². The third-order valence-electron chi connectivity index (χ3n) is 5.14. The third kappa shape index (κ3) is 4.85. The van der Waals surface area contributed by atoms with E-state index in [0.717, 1.165) is 25.2 Å². The first kappa shape index (κ1) is 18.9. The van der Waals surface area contributed by atoms with Gasteiger partial charge < -0.3 is 16.0 Å². The van der Waals surface area contributed by atoms with Gasteiger partial charge in [-0.1, -0.05) is 60.1 Å². The largest absolute Gasteiger partial charge is 0.352 e. The van der Waals surface area contributed by atoms with E-state index in [-0.39, 0.29) is 5.91 Å². The molecule has 1 aliphatic rings. The lowest BCUT2D eigenvalue weighted by molar-refractivity contribution is -0.121. The molecule has 3 rings (SSSR count). The van der Waals surface area contributed by atoms with Gasteiger partial charge in [-0.3, -0.25) is 4.79 Å². The highest BCUT2D eigenvalue weighted by Gasteiger charge is 2.32. The zero-order chi connectivity index (χ0) is 18.4. The Kier molecular flexibility index (Phi) is 6.67. The molecular weight excluding hydrogens is 346 g/mol. The Bertz CT molecular complexity index is 722. The van der Waals surface area contributed by atoms with Crippen LogP contribution in [0, 0.1) is 5.92 Å². The van der Waals surface area contributed by atoms with Gasteiger partial charge in [0.1, 0.15) is 0 Å². The lowest BCUT2D eigenvalue weighted by Crippen LogP contribution is -2.30. The molecule has 138 valence electrons. The van der Waals surface area contributed by atoms with Crippen molar-refractivity contribution in [3.8, 4) is 0 Å². The first-order valence-electron chi connectivity index (χ1n) is 9.15. The number of carbonyl (C=O) groups excluding carboxylic acids is 1. The Morgan fingerprint density at radius 2 is 1.85 bits per heavy atom. The predicted molar refractivity (Wildman–Crippen MR) is 106 cm³/mol. The average Bonchev–Trinajstić information content (AvgIpc) is 3.10. The van der Waals surface area contributed by atoms with E-state index in [2.05, 4.69) is 34.5 Å². The van der Waals surface area contributed by atoms with Crippen molar-refractivity contribution in [2.45, 2.75) is 18.9 Å². The fraction of sp³-hybridized carbons (Fsp3) is 0.381. The van der Waals surface area contributed by atoms with Crippen molar-refractivity contribution >= 4 is 17.5 Å². The SMILES string of the molecule is NC[C@@H]1CN(CCC(=O)NCc2ccccc2Cl)C[C@H]1c1ccccc1. The molecule has 1 amide bonds. The van der Waals surface area contributed by atoms with Crippen molar-refractivity contribution in [3.05, 3.63) is 70.7 Å². The van der Waals surface area contributed by atoms with Gasteiger partial charge in [0, 0.05) is 43.5 Å². The minimum Gasteiger partial charge on any atom is -0.352 e. The zero-order valence-corrected chi connectivity index (χ0v) is 15.7. The number of carbonyl (C=O) groups is 1. The molecule has 2 aromatic rings. The molecule has 0 spiro atoms. The molecule has 4 nitrogen and oxygen atoms in total. The van der Waals surface area contributed by atoms with Crippen molar-refractivity contribution in [1.82, 2.24) is 10.2 Å². The normalized spacial score (nSPS) is 20.2. The van der Waals surface area contributed by atoms with Crippen LogP contribution in [0.3, 0.4) is 0 Å². The first-order valence-corrected chi connectivity index (χ1v) is 9.52. The molecule has 2 aromatic carbocycles. The van der Waals surface area contributed by atoms with Crippen molar-refractivity contribution < 1.29 is 4.79 Å². The van der Waals surface area contributed by atoms with Crippen molar-refractivity contribution in [2.75, 3.05) is 26.2 Å². The summed E-state index contributed by atoms with van der Waals surface area (Å²) in [7, 11) is 0. The van der Waals surface area contributed by atoms with Crippen LogP contribution < -0.4 is 11.1 Å². The maximum absolute atomic E-state index is 12.2. The average molecular weight is 372 g/mol. The highest BCUT2D eigenvalue weighted by molar-refractivity contribution is 6.31. The molecule has 0 aliphatic carbocycles. The van der Waals surface area contributed by atoms with E-state index in [9.17, 15) is 4.79 Å².